The second kappa shape index (κ2) is 5.50. The zero-order valence-corrected chi connectivity index (χ0v) is 12.7. The minimum absolute atomic E-state index is 0.272. The van der Waals surface area contributed by atoms with Crippen LogP contribution in [0.15, 0.2) is 35.2 Å². The molecule has 1 aromatic carbocycles. The van der Waals surface area contributed by atoms with E-state index in [-0.39, 0.29) is 5.97 Å². The molecule has 2 heterocycles. The maximum Gasteiger partial charge on any atom is 0.348 e. The van der Waals surface area contributed by atoms with Gasteiger partial charge in [0.05, 0.1) is 0 Å². The smallest absolute Gasteiger partial charge is 0.348 e. The summed E-state index contributed by atoms with van der Waals surface area (Å²) < 4.78 is 5.41. The minimum atomic E-state index is -0.272. The van der Waals surface area contributed by atoms with Crippen LogP contribution in [0.5, 0.6) is 0 Å². The molecule has 0 bridgehead atoms. The van der Waals surface area contributed by atoms with E-state index in [2.05, 4.69) is 12.1 Å². The molecule has 2 N–H and O–H groups in total. The first-order valence-electron chi connectivity index (χ1n) is 6.41. The van der Waals surface area contributed by atoms with Crippen molar-refractivity contribution < 1.29 is 9.53 Å². The summed E-state index contributed by atoms with van der Waals surface area (Å²) in [7, 11) is 0. The van der Waals surface area contributed by atoms with Crippen LogP contribution < -0.4 is 5.73 Å². The van der Waals surface area contributed by atoms with Crippen molar-refractivity contribution in [3.63, 3.8) is 0 Å². The first-order valence-corrected chi connectivity index (χ1v) is 8.10. The second-order valence-electron chi connectivity index (χ2n) is 4.77. The van der Waals surface area contributed by atoms with E-state index < -0.39 is 0 Å². The quantitative estimate of drug-likeness (QED) is 0.882. The lowest BCUT2D eigenvalue weighted by Crippen LogP contribution is -2.15. The van der Waals surface area contributed by atoms with E-state index in [9.17, 15) is 4.79 Å². The second-order valence-corrected chi connectivity index (χ2v) is 7.37. The fourth-order valence-corrected chi connectivity index (χ4v) is 4.24. The number of anilines is 1. The van der Waals surface area contributed by atoms with Crippen LogP contribution in [0.3, 0.4) is 0 Å². The lowest BCUT2D eigenvalue weighted by Gasteiger charge is -2.08. The van der Waals surface area contributed by atoms with Crippen molar-refractivity contribution in [1.82, 2.24) is 0 Å². The molecule has 1 aliphatic heterocycles. The lowest BCUT2D eigenvalue weighted by molar-refractivity contribution is 0.0513. The van der Waals surface area contributed by atoms with Gasteiger partial charge in [0.25, 0.3) is 0 Å². The summed E-state index contributed by atoms with van der Waals surface area (Å²) in [6.45, 7) is 2.34. The normalized spacial score (nSPS) is 16.9. The number of ether oxygens (including phenoxy) is 1. The van der Waals surface area contributed by atoms with Crippen molar-refractivity contribution in [1.29, 1.82) is 0 Å². The van der Waals surface area contributed by atoms with Gasteiger partial charge in [-0.1, -0.05) is 18.2 Å². The van der Waals surface area contributed by atoms with Gasteiger partial charge in [0.2, 0.25) is 0 Å². The van der Waals surface area contributed by atoms with Gasteiger partial charge in [-0.05, 0) is 31.0 Å². The van der Waals surface area contributed by atoms with E-state index in [0.29, 0.717) is 22.4 Å². The van der Waals surface area contributed by atoms with Crippen LogP contribution in [-0.4, -0.2) is 17.8 Å². The number of esters is 1. The largest absolute Gasteiger partial charge is 0.460 e. The summed E-state index contributed by atoms with van der Waals surface area (Å²) >= 11 is 3.17. The van der Waals surface area contributed by atoms with E-state index >= 15 is 0 Å². The summed E-state index contributed by atoms with van der Waals surface area (Å²) in [6, 6.07) is 10.0. The van der Waals surface area contributed by atoms with Gasteiger partial charge in [0.15, 0.2) is 0 Å². The molecule has 2 aromatic rings. The third kappa shape index (κ3) is 2.69. The third-order valence-corrected chi connectivity index (χ3v) is 5.61. The third-order valence-electron chi connectivity index (χ3n) is 3.27. The number of nitrogens with two attached hydrogens (primary N) is 1. The number of hydrogen-bond donors (Lipinski definition) is 1. The number of carbonyl (C=O) groups is 1. The summed E-state index contributed by atoms with van der Waals surface area (Å²) in [5.41, 5.74) is 7.75. The maximum atomic E-state index is 12.0. The topological polar surface area (TPSA) is 52.3 Å². The molecule has 104 valence electrons. The number of thiophene rings is 1. The molecule has 1 unspecified atom stereocenters. The minimum Gasteiger partial charge on any atom is -0.460 e. The fraction of sp³-hybridized carbons (Fsp3) is 0.267. The summed E-state index contributed by atoms with van der Waals surface area (Å²) in [5.74, 6) is -0.272. The Morgan fingerprint density at radius 3 is 2.95 bits per heavy atom. The average Bonchev–Trinajstić information content (AvgIpc) is 3.00. The van der Waals surface area contributed by atoms with Crippen molar-refractivity contribution in [2.45, 2.75) is 23.5 Å². The fourth-order valence-electron chi connectivity index (χ4n) is 2.18. The molecule has 0 radical (unpaired) electrons. The predicted octanol–water partition coefficient (Wildman–Crippen LogP) is 3.51. The van der Waals surface area contributed by atoms with Crippen molar-refractivity contribution in [2.75, 3.05) is 12.3 Å². The maximum absolute atomic E-state index is 12.0. The van der Waals surface area contributed by atoms with Crippen molar-refractivity contribution in [3.8, 4) is 0 Å². The van der Waals surface area contributed by atoms with Crippen LogP contribution in [0, 0.1) is 6.92 Å². The number of hydrogen-bond acceptors (Lipinski definition) is 5. The SMILES string of the molecule is Cc1sc(C(=O)OCC2Cc3ccccc3S2)cc1N. The van der Waals surface area contributed by atoms with Gasteiger partial charge in [0, 0.05) is 20.7 Å². The first kappa shape index (κ1) is 13.5. The Labute approximate surface area is 126 Å². The molecule has 0 saturated heterocycles. The number of benzene rings is 1. The standard InChI is InChI=1S/C15H15NO2S2/c1-9-12(16)7-14(19-9)15(17)18-8-11-6-10-4-2-3-5-13(10)20-11/h2-5,7,11H,6,8,16H2,1H3. The molecule has 20 heavy (non-hydrogen) atoms. The Kier molecular flexibility index (Phi) is 3.72. The molecule has 3 nitrogen and oxygen atoms in total. The van der Waals surface area contributed by atoms with Gasteiger partial charge >= 0.3 is 5.97 Å². The molecule has 1 atom stereocenters. The average molecular weight is 305 g/mol. The monoisotopic (exact) mass is 305 g/mol. The van der Waals surface area contributed by atoms with Crippen LogP contribution in [-0.2, 0) is 11.2 Å². The number of aryl methyl sites for hydroxylation is 1. The molecule has 0 amide bonds. The van der Waals surface area contributed by atoms with E-state index in [4.69, 9.17) is 10.5 Å². The Morgan fingerprint density at radius 2 is 2.25 bits per heavy atom. The van der Waals surface area contributed by atoms with Gasteiger partial charge in [-0.2, -0.15) is 0 Å². The number of rotatable bonds is 3. The zero-order chi connectivity index (χ0) is 14.1. The highest BCUT2D eigenvalue weighted by Gasteiger charge is 2.23. The van der Waals surface area contributed by atoms with Gasteiger partial charge in [-0.3, -0.25) is 0 Å². The lowest BCUT2D eigenvalue weighted by atomic mass is 10.1. The van der Waals surface area contributed by atoms with Crippen LogP contribution in [0.2, 0.25) is 0 Å². The van der Waals surface area contributed by atoms with Gasteiger partial charge in [-0.25, -0.2) is 4.79 Å². The number of thioether (sulfide) groups is 1. The highest BCUT2D eigenvalue weighted by Crippen LogP contribution is 2.37. The molecule has 3 rings (SSSR count). The molecule has 0 fully saturated rings. The van der Waals surface area contributed by atoms with E-state index in [0.717, 1.165) is 11.3 Å². The van der Waals surface area contributed by atoms with Crippen LogP contribution in [0.1, 0.15) is 20.1 Å². The predicted molar refractivity (Wildman–Crippen MR) is 83.5 cm³/mol. The van der Waals surface area contributed by atoms with Gasteiger partial charge in [-0.15, -0.1) is 23.1 Å². The first-order chi connectivity index (χ1) is 9.63. The molecular weight excluding hydrogens is 290 g/mol. The molecule has 5 heteroatoms. The zero-order valence-electron chi connectivity index (χ0n) is 11.1. The summed E-state index contributed by atoms with van der Waals surface area (Å²) in [5, 5.41) is 0.315. The molecular formula is C15H15NO2S2. The Bertz CT molecular complexity index is 607. The number of nitrogen functional groups attached to an aromatic ring is 1. The molecule has 0 aliphatic carbocycles. The van der Waals surface area contributed by atoms with Crippen molar-refractivity contribution >= 4 is 34.8 Å². The highest BCUT2D eigenvalue weighted by molar-refractivity contribution is 8.00. The van der Waals surface area contributed by atoms with Crippen LogP contribution >= 0.6 is 23.1 Å². The Morgan fingerprint density at radius 1 is 1.45 bits per heavy atom. The highest BCUT2D eigenvalue weighted by atomic mass is 32.2. The summed E-state index contributed by atoms with van der Waals surface area (Å²) in [4.78, 5) is 14.8. The van der Waals surface area contributed by atoms with E-state index in [1.165, 1.54) is 21.8 Å². The molecule has 0 spiro atoms. The summed E-state index contributed by atoms with van der Waals surface area (Å²) in [6.07, 6.45) is 0.958. The van der Waals surface area contributed by atoms with Crippen molar-refractivity contribution in [2.24, 2.45) is 0 Å². The number of carbonyl (C=O) groups excluding carboxylic acids is 1. The Hall–Kier alpha value is -1.46. The van der Waals surface area contributed by atoms with Gasteiger partial charge in [0.1, 0.15) is 11.5 Å². The van der Waals surface area contributed by atoms with Crippen LogP contribution in [0.4, 0.5) is 5.69 Å². The van der Waals surface area contributed by atoms with Crippen LogP contribution in [0.25, 0.3) is 0 Å². The number of fused-ring (bicyclic) bond motifs is 1. The Balaban J connectivity index is 1.57. The van der Waals surface area contributed by atoms with Crippen molar-refractivity contribution in [3.05, 3.63) is 45.6 Å². The molecule has 1 aromatic heterocycles. The van der Waals surface area contributed by atoms with E-state index in [1.807, 2.05) is 19.1 Å². The molecule has 1 aliphatic rings. The van der Waals surface area contributed by atoms with Gasteiger partial charge < -0.3 is 10.5 Å². The molecule has 0 saturated carbocycles. The van der Waals surface area contributed by atoms with E-state index in [1.54, 1.807) is 17.8 Å².